The number of urea groups is 1. The number of anilines is 1. The number of hydrogen-bond donors (Lipinski definition) is 1. The highest BCUT2D eigenvalue weighted by molar-refractivity contribution is 5.93. The predicted molar refractivity (Wildman–Crippen MR) is 94.4 cm³/mol. The van der Waals surface area contributed by atoms with Crippen molar-refractivity contribution in [2.45, 2.75) is 12.8 Å². The van der Waals surface area contributed by atoms with Crippen molar-refractivity contribution in [3.8, 4) is 0 Å². The number of pyridine rings is 1. The molecule has 1 N–H and O–H groups in total. The van der Waals surface area contributed by atoms with Crippen LogP contribution < -0.4 is 5.32 Å². The number of carbonyl (C=O) groups excluding carboxylic acids is 2. The van der Waals surface area contributed by atoms with E-state index >= 15 is 0 Å². The van der Waals surface area contributed by atoms with Crippen LogP contribution in [0, 0.1) is 5.92 Å². The number of benzene rings is 1. The van der Waals surface area contributed by atoms with Crippen LogP contribution in [0.2, 0.25) is 0 Å². The molecule has 25 heavy (non-hydrogen) atoms. The zero-order valence-corrected chi connectivity index (χ0v) is 14.1. The van der Waals surface area contributed by atoms with E-state index in [9.17, 15) is 9.59 Å². The van der Waals surface area contributed by atoms with Crippen LogP contribution in [0.4, 0.5) is 10.6 Å². The van der Waals surface area contributed by atoms with E-state index in [1.54, 1.807) is 11.0 Å². The number of amides is 2. The maximum Gasteiger partial charge on any atom is 0.338 e. The van der Waals surface area contributed by atoms with Crippen molar-refractivity contribution in [1.29, 1.82) is 0 Å². The maximum absolute atomic E-state index is 12.4. The van der Waals surface area contributed by atoms with Gasteiger partial charge in [0.15, 0.2) is 0 Å². The second kappa shape index (κ2) is 7.79. The number of nitrogens with zero attached hydrogens (tertiary/aromatic N) is 2. The summed E-state index contributed by atoms with van der Waals surface area (Å²) in [5.74, 6) is 0.351. The number of hydrogen-bond acceptors (Lipinski definition) is 4. The Morgan fingerprint density at radius 1 is 1.28 bits per heavy atom. The quantitative estimate of drug-likeness (QED) is 0.869. The Kier molecular flexibility index (Phi) is 5.28. The largest absolute Gasteiger partial charge is 0.465 e. The molecule has 0 bridgehead atoms. The lowest BCUT2D eigenvalue weighted by Crippen LogP contribution is -2.33. The van der Waals surface area contributed by atoms with E-state index in [0.717, 1.165) is 25.9 Å². The van der Waals surface area contributed by atoms with Crippen LogP contribution >= 0.6 is 0 Å². The number of esters is 1. The minimum absolute atomic E-state index is 0.190. The molecule has 0 unspecified atom stereocenters. The number of likely N-dealkylation sites (tertiary alicyclic amines) is 1. The summed E-state index contributed by atoms with van der Waals surface area (Å²) in [5, 5.41) is 2.76. The van der Waals surface area contributed by atoms with Crippen molar-refractivity contribution >= 4 is 17.8 Å². The van der Waals surface area contributed by atoms with Crippen molar-refractivity contribution in [3.05, 3.63) is 59.8 Å². The van der Waals surface area contributed by atoms with Crippen LogP contribution in [0.15, 0.2) is 48.7 Å². The van der Waals surface area contributed by atoms with Gasteiger partial charge in [0.1, 0.15) is 5.82 Å². The van der Waals surface area contributed by atoms with Crippen molar-refractivity contribution in [3.63, 3.8) is 0 Å². The molecule has 1 fully saturated rings. The third-order valence-corrected chi connectivity index (χ3v) is 4.36. The fourth-order valence-electron chi connectivity index (χ4n) is 3.06. The molecule has 2 heterocycles. The van der Waals surface area contributed by atoms with Crippen LogP contribution in [-0.2, 0) is 11.2 Å². The lowest BCUT2D eigenvalue weighted by Gasteiger charge is -2.17. The fourth-order valence-corrected chi connectivity index (χ4v) is 3.06. The van der Waals surface area contributed by atoms with E-state index in [2.05, 4.69) is 27.2 Å². The van der Waals surface area contributed by atoms with Crippen molar-refractivity contribution in [1.82, 2.24) is 9.88 Å². The van der Waals surface area contributed by atoms with E-state index in [4.69, 9.17) is 0 Å². The highest BCUT2D eigenvalue weighted by Crippen LogP contribution is 2.21. The van der Waals surface area contributed by atoms with Crippen LogP contribution in [-0.4, -0.2) is 42.1 Å². The summed E-state index contributed by atoms with van der Waals surface area (Å²) in [7, 11) is 1.32. The van der Waals surface area contributed by atoms with Gasteiger partial charge in [0.25, 0.3) is 0 Å². The Hall–Kier alpha value is -2.89. The monoisotopic (exact) mass is 339 g/mol. The minimum atomic E-state index is -0.456. The third kappa shape index (κ3) is 4.35. The molecule has 1 saturated heterocycles. The Morgan fingerprint density at radius 2 is 2.08 bits per heavy atom. The normalized spacial score (nSPS) is 16.5. The first-order chi connectivity index (χ1) is 12.2. The number of nitrogens with one attached hydrogen (secondary N) is 1. The van der Waals surface area contributed by atoms with E-state index in [-0.39, 0.29) is 6.03 Å². The van der Waals surface area contributed by atoms with Gasteiger partial charge in [-0.3, -0.25) is 5.32 Å². The maximum atomic E-state index is 12.4. The van der Waals surface area contributed by atoms with Crippen LogP contribution in [0.3, 0.4) is 0 Å². The number of aromatic nitrogens is 1. The van der Waals surface area contributed by atoms with E-state index in [1.807, 2.05) is 18.2 Å². The van der Waals surface area contributed by atoms with Gasteiger partial charge < -0.3 is 9.64 Å². The van der Waals surface area contributed by atoms with Gasteiger partial charge in [-0.2, -0.15) is 0 Å². The molecular weight excluding hydrogens is 318 g/mol. The van der Waals surface area contributed by atoms with Gasteiger partial charge >= 0.3 is 12.0 Å². The highest BCUT2D eigenvalue weighted by atomic mass is 16.5. The van der Waals surface area contributed by atoms with Gasteiger partial charge in [-0.15, -0.1) is 0 Å². The van der Waals surface area contributed by atoms with Crippen LogP contribution in [0.5, 0.6) is 0 Å². The topological polar surface area (TPSA) is 71.5 Å². The Morgan fingerprint density at radius 3 is 2.84 bits per heavy atom. The summed E-state index contributed by atoms with van der Waals surface area (Å²) in [6.45, 7) is 1.44. The molecule has 1 aromatic carbocycles. The Labute approximate surface area is 146 Å². The van der Waals surface area contributed by atoms with Gasteiger partial charge in [0, 0.05) is 19.3 Å². The summed E-state index contributed by atoms with van der Waals surface area (Å²) in [6, 6.07) is 13.2. The van der Waals surface area contributed by atoms with E-state index < -0.39 is 5.97 Å². The molecule has 0 aliphatic carbocycles. The molecule has 2 amide bonds. The zero-order valence-electron chi connectivity index (χ0n) is 14.1. The summed E-state index contributed by atoms with van der Waals surface area (Å²) in [5.41, 5.74) is 1.65. The summed E-state index contributed by atoms with van der Waals surface area (Å²) in [4.78, 5) is 29.9. The average molecular weight is 339 g/mol. The van der Waals surface area contributed by atoms with Gasteiger partial charge in [-0.05, 0) is 36.5 Å². The zero-order chi connectivity index (χ0) is 17.6. The lowest BCUT2D eigenvalue weighted by atomic mass is 9.99. The molecule has 1 aliphatic rings. The number of carbonyl (C=O) groups is 2. The van der Waals surface area contributed by atoms with Gasteiger partial charge in [0.2, 0.25) is 0 Å². The average Bonchev–Trinajstić information content (AvgIpc) is 3.11. The lowest BCUT2D eigenvalue weighted by molar-refractivity contribution is 0.0600. The standard InChI is InChI=1S/C19H21N3O3/c1-25-18(23)16-7-9-20-17(12-16)21-19(24)22-10-8-15(13-22)11-14-5-3-2-4-6-14/h2-7,9,12,15H,8,10-11,13H2,1H3,(H,20,21,24)/t15-/m1/s1. The summed E-state index contributed by atoms with van der Waals surface area (Å²) in [6.07, 6.45) is 3.43. The van der Waals surface area contributed by atoms with Crippen molar-refractivity contribution < 1.29 is 14.3 Å². The highest BCUT2D eigenvalue weighted by Gasteiger charge is 2.26. The first-order valence-electron chi connectivity index (χ1n) is 8.30. The van der Waals surface area contributed by atoms with Gasteiger partial charge in [-0.25, -0.2) is 14.6 Å². The Balaban J connectivity index is 1.56. The second-order valence-electron chi connectivity index (χ2n) is 6.14. The molecule has 6 nitrogen and oxygen atoms in total. The molecule has 3 rings (SSSR count). The smallest absolute Gasteiger partial charge is 0.338 e. The van der Waals surface area contributed by atoms with Crippen molar-refractivity contribution in [2.75, 3.05) is 25.5 Å². The first-order valence-corrected chi connectivity index (χ1v) is 8.30. The molecule has 0 radical (unpaired) electrons. The number of ether oxygens (including phenoxy) is 1. The van der Waals surface area contributed by atoms with Gasteiger partial charge in [0.05, 0.1) is 12.7 Å². The van der Waals surface area contributed by atoms with Gasteiger partial charge in [-0.1, -0.05) is 30.3 Å². The van der Waals surface area contributed by atoms with Crippen LogP contribution in [0.1, 0.15) is 22.3 Å². The molecule has 0 spiro atoms. The first kappa shape index (κ1) is 17.0. The molecule has 1 aromatic heterocycles. The fraction of sp³-hybridized carbons (Fsp3) is 0.316. The molecule has 1 aliphatic heterocycles. The summed E-state index contributed by atoms with van der Waals surface area (Å²) < 4.78 is 4.68. The molecule has 1 atom stereocenters. The van der Waals surface area contributed by atoms with E-state index in [0.29, 0.717) is 17.3 Å². The molecule has 6 heteroatoms. The molecule has 130 valence electrons. The SMILES string of the molecule is COC(=O)c1ccnc(NC(=O)N2CC[C@H](Cc3ccccc3)C2)c1. The predicted octanol–water partition coefficient (Wildman–Crippen LogP) is 2.96. The van der Waals surface area contributed by atoms with Crippen LogP contribution in [0.25, 0.3) is 0 Å². The second-order valence-corrected chi connectivity index (χ2v) is 6.14. The Bertz CT molecular complexity index is 749. The van der Waals surface area contributed by atoms with Crippen molar-refractivity contribution in [2.24, 2.45) is 5.92 Å². The number of methoxy groups -OCH3 is 1. The molecule has 2 aromatic rings. The number of rotatable bonds is 4. The summed E-state index contributed by atoms with van der Waals surface area (Å²) >= 11 is 0. The molecule has 0 saturated carbocycles. The van der Waals surface area contributed by atoms with E-state index in [1.165, 1.54) is 24.9 Å². The minimum Gasteiger partial charge on any atom is -0.465 e. The third-order valence-electron chi connectivity index (χ3n) is 4.36. The molecular formula is C19H21N3O3.